The van der Waals surface area contributed by atoms with Gasteiger partial charge < -0.3 is 0 Å². The molecule has 0 N–H and O–H groups in total. The zero-order chi connectivity index (χ0) is 18.0. The molecule has 1 heterocycles. The van der Waals surface area contributed by atoms with Crippen LogP contribution in [0.15, 0.2) is 41.5 Å². The molecule has 25 heavy (non-hydrogen) atoms. The maximum atomic E-state index is 13.0. The Morgan fingerprint density at radius 2 is 1.68 bits per heavy atom. The van der Waals surface area contributed by atoms with Crippen molar-refractivity contribution in [1.29, 1.82) is 0 Å². The average molecular weight is 359 g/mol. The van der Waals surface area contributed by atoms with Gasteiger partial charge in [0.1, 0.15) is 0 Å². The molecule has 1 aromatic carbocycles. The first-order chi connectivity index (χ1) is 11.8. The maximum absolute atomic E-state index is 13.0. The number of carbonyl (C=O) groups is 2. The summed E-state index contributed by atoms with van der Waals surface area (Å²) in [4.78, 5) is 37.5. The van der Waals surface area contributed by atoms with Gasteiger partial charge in [0, 0.05) is 24.0 Å². The van der Waals surface area contributed by atoms with Gasteiger partial charge in [-0.1, -0.05) is 34.9 Å². The van der Waals surface area contributed by atoms with Gasteiger partial charge in [0.05, 0.1) is 27.5 Å². The highest BCUT2D eigenvalue weighted by atomic mass is 35.5. The summed E-state index contributed by atoms with van der Waals surface area (Å²) in [7, 11) is 0. The molecule has 2 aliphatic carbocycles. The predicted octanol–water partition coefficient (Wildman–Crippen LogP) is 3.51. The molecule has 1 saturated heterocycles. The van der Waals surface area contributed by atoms with E-state index in [2.05, 4.69) is 0 Å². The molecule has 7 heteroatoms. The number of nitro groups is 1. The lowest BCUT2D eigenvalue weighted by Crippen LogP contribution is -2.33. The first-order valence-electron chi connectivity index (χ1n) is 8.00. The van der Waals surface area contributed by atoms with E-state index < -0.39 is 16.8 Å². The number of carbonyl (C=O) groups excluding carboxylic acids is 2. The van der Waals surface area contributed by atoms with E-state index in [-0.39, 0.29) is 40.0 Å². The van der Waals surface area contributed by atoms with E-state index >= 15 is 0 Å². The highest BCUT2D eigenvalue weighted by molar-refractivity contribution is 6.36. The molecule has 0 unspecified atom stereocenters. The Morgan fingerprint density at radius 1 is 1.12 bits per heavy atom. The van der Waals surface area contributed by atoms with Crippen molar-refractivity contribution in [2.45, 2.75) is 13.8 Å². The quantitative estimate of drug-likeness (QED) is 0.350. The van der Waals surface area contributed by atoms with Gasteiger partial charge in [-0.3, -0.25) is 19.7 Å². The largest absolute Gasteiger partial charge is 0.274 e. The van der Waals surface area contributed by atoms with Crippen LogP contribution in [-0.4, -0.2) is 16.7 Å². The summed E-state index contributed by atoms with van der Waals surface area (Å²) in [6, 6.07) is 3.79. The van der Waals surface area contributed by atoms with Crippen molar-refractivity contribution in [1.82, 2.24) is 0 Å². The van der Waals surface area contributed by atoms with E-state index in [9.17, 15) is 19.7 Å². The molecular formula is C18H15ClN2O4. The fourth-order valence-corrected chi connectivity index (χ4v) is 4.66. The topological polar surface area (TPSA) is 80.5 Å². The lowest BCUT2D eigenvalue weighted by Gasteiger charge is -2.20. The number of amides is 2. The zero-order valence-corrected chi connectivity index (χ0v) is 14.4. The molecule has 2 amide bonds. The molecule has 0 radical (unpaired) electrons. The molecule has 128 valence electrons. The molecule has 2 fully saturated rings. The minimum absolute atomic E-state index is 0.0704. The van der Waals surface area contributed by atoms with Crippen molar-refractivity contribution >= 4 is 34.8 Å². The number of allylic oxidation sites excluding steroid dienone is 4. The van der Waals surface area contributed by atoms with Crippen LogP contribution in [0.4, 0.5) is 11.4 Å². The lowest BCUT2D eigenvalue weighted by atomic mass is 9.85. The second-order valence-corrected chi connectivity index (χ2v) is 7.26. The fraction of sp³-hybridized carbons (Fsp3) is 0.333. The van der Waals surface area contributed by atoms with Crippen LogP contribution in [0.25, 0.3) is 0 Å². The monoisotopic (exact) mass is 358 g/mol. The van der Waals surface area contributed by atoms with Gasteiger partial charge in [-0.15, -0.1) is 0 Å². The van der Waals surface area contributed by atoms with Gasteiger partial charge in [0.2, 0.25) is 11.8 Å². The molecule has 1 aromatic rings. The molecule has 2 bridgehead atoms. The number of fused-ring (bicyclic) bond motifs is 5. The second-order valence-electron chi connectivity index (χ2n) is 6.85. The second kappa shape index (κ2) is 5.26. The van der Waals surface area contributed by atoms with E-state index in [1.807, 2.05) is 26.0 Å². The SMILES string of the molecule is CC(C)=C1[C@@H]2C=C[C@@H]1[C@@H]1C(=O)N(c3cc([N+](=O)[O-])ccc3Cl)C(=O)[C@H]12. The number of nitro benzene ring substituents is 1. The van der Waals surface area contributed by atoms with E-state index in [1.54, 1.807) is 0 Å². The van der Waals surface area contributed by atoms with Gasteiger partial charge in [-0.25, -0.2) is 4.90 Å². The predicted molar refractivity (Wildman–Crippen MR) is 92.1 cm³/mol. The van der Waals surface area contributed by atoms with Gasteiger partial charge in [-0.2, -0.15) is 0 Å². The highest BCUT2D eigenvalue weighted by Gasteiger charge is 2.62. The van der Waals surface area contributed by atoms with Gasteiger partial charge in [-0.05, 0) is 19.9 Å². The first kappa shape index (κ1) is 16.0. The van der Waals surface area contributed by atoms with Crippen LogP contribution in [0.3, 0.4) is 0 Å². The molecule has 4 atom stereocenters. The minimum atomic E-state index is -0.571. The maximum Gasteiger partial charge on any atom is 0.271 e. The number of nitrogens with zero attached hydrogens (tertiary/aromatic N) is 2. The van der Waals surface area contributed by atoms with Crippen LogP contribution < -0.4 is 4.90 Å². The van der Waals surface area contributed by atoms with Crippen molar-refractivity contribution in [2.75, 3.05) is 4.90 Å². The standard InChI is InChI=1S/C18H15ClN2O4/c1-8(2)14-10-4-5-11(14)16-15(10)17(22)20(18(16)23)13-7-9(21(24)25)3-6-12(13)19/h3-7,10-11,15-16H,1-2H3/t10-,11-,15-,16-/m0/s1. The van der Waals surface area contributed by atoms with Crippen molar-refractivity contribution in [3.63, 3.8) is 0 Å². The van der Waals surface area contributed by atoms with Crippen LogP contribution in [0.5, 0.6) is 0 Å². The van der Waals surface area contributed by atoms with E-state index in [1.165, 1.54) is 18.2 Å². The lowest BCUT2D eigenvalue weighted by molar-refractivity contribution is -0.384. The first-order valence-corrected chi connectivity index (χ1v) is 8.38. The molecule has 1 saturated carbocycles. The fourth-order valence-electron chi connectivity index (χ4n) is 4.45. The molecule has 0 spiro atoms. The summed E-state index contributed by atoms with van der Waals surface area (Å²) < 4.78 is 0. The summed E-state index contributed by atoms with van der Waals surface area (Å²) in [5, 5.41) is 11.2. The van der Waals surface area contributed by atoms with Crippen LogP contribution in [0, 0.1) is 33.8 Å². The Hall–Kier alpha value is -2.47. The third kappa shape index (κ3) is 2.03. The zero-order valence-electron chi connectivity index (χ0n) is 13.6. The molecule has 1 aliphatic heterocycles. The molecule has 0 aromatic heterocycles. The van der Waals surface area contributed by atoms with Crippen LogP contribution in [0.2, 0.25) is 5.02 Å². The summed E-state index contributed by atoms with van der Waals surface area (Å²) >= 11 is 6.14. The molecule has 6 nitrogen and oxygen atoms in total. The number of rotatable bonds is 2. The van der Waals surface area contributed by atoms with E-state index in [0.717, 1.165) is 16.0 Å². The molecule has 3 aliphatic rings. The number of hydrogen-bond donors (Lipinski definition) is 0. The van der Waals surface area contributed by atoms with Crippen molar-refractivity contribution in [3.05, 3.63) is 56.6 Å². The summed E-state index contributed by atoms with van der Waals surface area (Å²) in [6.45, 7) is 3.99. The smallest absolute Gasteiger partial charge is 0.271 e. The van der Waals surface area contributed by atoms with Crippen molar-refractivity contribution in [3.8, 4) is 0 Å². The molecule has 4 rings (SSSR count). The Bertz CT molecular complexity index is 866. The average Bonchev–Trinajstić information content (AvgIpc) is 3.18. The Labute approximate surface area is 148 Å². The Balaban J connectivity index is 1.79. The number of non-ortho nitro benzene ring substituents is 1. The van der Waals surface area contributed by atoms with Gasteiger partial charge in [0.25, 0.3) is 5.69 Å². The number of benzene rings is 1. The molecular weight excluding hydrogens is 344 g/mol. The third-order valence-electron chi connectivity index (χ3n) is 5.37. The Kier molecular flexibility index (Phi) is 3.37. The third-order valence-corrected chi connectivity index (χ3v) is 5.69. The number of anilines is 1. The highest BCUT2D eigenvalue weighted by Crippen LogP contribution is 2.57. The summed E-state index contributed by atoms with van der Waals surface area (Å²) in [5.41, 5.74) is 2.18. The van der Waals surface area contributed by atoms with Crippen LogP contribution in [0.1, 0.15) is 13.8 Å². The van der Waals surface area contributed by atoms with Crippen LogP contribution >= 0.6 is 11.6 Å². The number of imide groups is 1. The number of halogens is 1. The normalized spacial score (nSPS) is 29.6. The summed E-state index contributed by atoms with van der Waals surface area (Å²) in [6.07, 6.45) is 4.00. The Morgan fingerprint density at radius 3 is 2.16 bits per heavy atom. The number of hydrogen-bond acceptors (Lipinski definition) is 4. The van der Waals surface area contributed by atoms with Crippen molar-refractivity contribution in [2.24, 2.45) is 23.7 Å². The van der Waals surface area contributed by atoms with E-state index in [4.69, 9.17) is 11.6 Å². The minimum Gasteiger partial charge on any atom is -0.274 e. The van der Waals surface area contributed by atoms with Crippen LogP contribution in [-0.2, 0) is 9.59 Å². The summed E-state index contributed by atoms with van der Waals surface area (Å²) in [5.74, 6) is -1.68. The van der Waals surface area contributed by atoms with Gasteiger partial charge >= 0.3 is 0 Å². The van der Waals surface area contributed by atoms with E-state index in [0.29, 0.717) is 0 Å². The van der Waals surface area contributed by atoms with Gasteiger partial charge in [0.15, 0.2) is 0 Å². The van der Waals surface area contributed by atoms with Crippen molar-refractivity contribution < 1.29 is 14.5 Å².